The van der Waals surface area contributed by atoms with Crippen molar-refractivity contribution in [2.45, 2.75) is 25.9 Å². The van der Waals surface area contributed by atoms with Crippen molar-refractivity contribution in [3.8, 4) is 0 Å². The third kappa shape index (κ3) is 3.64. The summed E-state index contributed by atoms with van der Waals surface area (Å²) >= 11 is 5.89. The molecule has 10 heteroatoms. The number of anilines is 1. The Morgan fingerprint density at radius 1 is 1.20 bits per heavy atom. The third-order valence-electron chi connectivity index (χ3n) is 5.94. The van der Waals surface area contributed by atoms with E-state index in [9.17, 15) is 9.59 Å². The molecule has 3 amide bonds. The lowest BCUT2D eigenvalue weighted by atomic mass is 10.0. The van der Waals surface area contributed by atoms with Crippen LogP contribution >= 0.6 is 11.6 Å². The van der Waals surface area contributed by atoms with Crippen LogP contribution in [0.3, 0.4) is 0 Å². The van der Waals surface area contributed by atoms with Gasteiger partial charge in [-0.15, -0.1) is 0 Å². The van der Waals surface area contributed by atoms with E-state index >= 15 is 0 Å². The first-order valence-corrected chi connectivity index (χ1v) is 10.3. The standard InChI is InChI=1S/C20H26ClN7O2/c1-20(2)16-15(11-28(20)19(30)27-9-7-26(12-22)8-10-27)17(25-24-16)23-18(29)13-3-5-14(21)6-4-13/h3-6H,7-12,22H2,1-2H3,(H2,23,24,25,29). The van der Waals surface area contributed by atoms with Crippen molar-refractivity contribution in [1.29, 1.82) is 0 Å². The number of rotatable bonds is 3. The zero-order chi connectivity index (χ0) is 21.5. The van der Waals surface area contributed by atoms with Gasteiger partial charge in [-0.1, -0.05) is 11.6 Å². The van der Waals surface area contributed by atoms with Crippen LogP contribution in [0.5, 0.6) is 0 Å². The lowest BCUT2D eigenvalue weighted by Crippen LogP contribution is -2.55. The van der Waals surface area contributed by atoms with E-state index in [1.165, 1.54) is 0 Å². The van der Waals surface area contributed by atoms with Crippen LogP contribution in [0.2, 0.25) is 5.02 Å². The lowest BCUT2D eigenvalue weighted by Gasteiger charge is -2.40. The van der Waals surface area contributed by atoms with Crippen LogP contribution in [0, 0.1) is 0 Å². The summed E-state index contributed by atoms with van der Waals surface area (Å²) in [6, 6.07) is 6.63. The number of halogens is 1. The van der Waals surface area contributed by atoms with Gasteiger partial charge in [0.25, 0.3) is 5.91 Å². The van der Waals surface area contributed by atoms with Crippen molar-refractivity contribution in [3.63, 3.8) is 0 Å². The fourth-order valence-electron chi connectivity index (χ4n) is 4.00. The van der Waals surface area contributed by atoms with Crippen molar-refractivity contribution >= 4 is 29.4 Å². The minimum absolute atomic E-state index is 0.0174. The maximum atomic E-state index is 13.2. The lowest BCUT2D eigenvalue weighted by molar-refractivity contribution is 0.0832. The van der Waals surface area contributed by atoms with Gasteiger partial charge >= 0.3 is 6.03 Å². The summed E-state index contributed by atoms with van der Waals surface area (Å²) in [5, 5.41) is 10.7. The molecule has 0 bridgehead atoms. The number of aromatic amines is 1. The molecule has 2 aromatic rings. The van der Waals surface area contributed by atoms with Gasteiger partial charge in [-0.2, -0.15) is 5.10 Å². The molecule has 3 heterocycles. The molecule has 160 valence electrons. The first-order chi connectivity index (χ1) is 14.3. The summed E-state index contributed by atoms with van der Waals surface area (Å²) in [6.07, 6.45) is 0. The Balaban J connectivity index is 1.50. The van der Waals surface area contributed by atoms with Crippen LogP contribution in [0.25, 0.3) is 0 Å². The Morgan fingerprint density at radius 3 is 2.50 bits per heavy atom. The number of nitrogens with one attached hydrogen (secondary N) is 2. The van der Waals surface area contributed by atoms with E-state index in [-0.39, 0.29) is 11.9 Å². The zero-order valence-electron chi connectivity index (χ0n) is 17.1. The van der Waals surface area contributed by atoms with E-state index in [2.05, 4.69) is 20.4 Å². The smallest absolute Gasteiger partial charge is 0.321 e. The molecule has 0 aliphatic carbocycles. The Bertz CT molecular complexity index is 949. The largest absolute Gasteiger partial charge is 0.322 e. The number of carbonyl (C=O) groups is 2. The maximum absolute atomic E-state index is 13.2. The number of hydrogen-bond acceptors (Lipinski definition) is 5. The molecular formula is C20H26ClN7O2. The molecule has 1 fully saturated rings. The number of urea groups is 1. The molecule has 1 aromatic heterocycles. The number of nitrogens with two attached hydrogens (primary N) is 1. The molecular weight excluding hydrogens is 406 g/mol. The summed E-state index contributed by atoms with van der Waals surface area (Å²) in [5.74, 6) is 0.169. The number of carbonyl (C=O) groups excluding carboxylic acids is 2. The second-order valence-corrected chi connectivity index (χ2v) is 8.54. The van der Waals surface area contributed by atoms with Crippen molar-refractivity contribution in [2.24, 2.45) is 5.73 Å². The number of aromatic nitrogens is 2. The molecule has 2 aliphatic rings. The number of fused-ring (bicyclic) bond motifs is 1. The van der Waals surface area contributed by atoms with Crippen LogP contribution in [0.1, 0.15) is 35.5 Å². The summed E-state index contributed by atoms with van der Waals surface area (Å²) < 4.78 is 0. The molecule has 1 saturated heterocycles. The van der Waals surface area contributed by atoms with Crippen molar-refractivity contribution in [1.82, 2.24) is 24.9 Å². The minimum atomic E-state index is -0.562. The van der Waals surface area contributed by atoms with Gasteiger partial charge in [0.1, 0.15) is 0 Å². The molecule has 1 aromatic carbocycles. The van der Waals surface area contributed by atoms with E-state index < -0.39 is 5.54 Å². The Kier molecular flexibility index (Phi) is 5.44. The van der Waals surface area contributed by atoms with E-state index in [4.69, 9.17) is 17.3 Å². The van der Waals surface area contributed by atoms with Crippen LogP contribution < -0.4 is 11.1 Å². The number of amides is 3. The van der Waals surface area contributed by atoms with E-state index in [1.807, 2.05) is 23.6 Å². The van der Waals surface area contributed by atoms with E-state index in [0.29, 0.717) is 42.7 Å². The molecule has 0 radical (unpaired) electrons. The van der Waals surface area contributed by atoms with Crippen molar-refractivity contribution in [2.75, 3.05) is 38.2 Å². The quantitative estimate of drug-likeness (QED) is 0.688. The molecule has 9 nitrogen and oxygen atoms in total. The van der Waals surface area contributed by atoms with Crippen LogP contribution in [-0.4, -0.2) is 69.7 Å². The molecule has 0 spiro atoms. The predicted molar refractivity (Wildman–Crippen MR) is 114 cm³/mol. The van der Waals surface area contributed by atoms with Crippen molar-refractivity contribution in [3.05, 3.63) is 46.1 Å². The van der Waals surface area contributed by atoms with Gasteiger partial charge in [0.15, 0.2) is 5.82 Å². The average Bonchev–Trinajstić information content (AvgIpc) is 3.26. The fourth-order valence-corrected chi connectivity index (χ4v) is 4.13. The Morgan fingerprint density at radius 2 is 1.87 bits per heavy atom. The Labute approximate surface area is 180 Å². The molecule has 4 rings (SSSR count). The third-order valence-corrected chi connectivity index (χ3v) is 6.19. The number of piperazine rings is 1. The number of nitrogens with zero attached hydrogens (tertiary/aromatic N) is 4. The monoisotopic (exact) mass is 431 g/mol. The predicted octanol–water partition coefficient (Wildman–Crippen LogP) is 2.02. The summed E-state index contributed by atoms with van der Waals surface area (Å²) in [7, 11) is 0. The van der Waals surface area contributed by atoms with Gasteiger partial charge in [-0.25, -0.2) is 4.79 Å². The summed E-state index contributed by atoms with van der Waals surface area (Å²) in [6.45, 7) is 7.68. The SMILES string of the molecule is CC1(C)c2[nH]nc(NC(=O)c3ccc(Cl)cc3)c2CN1C(=O)N1CCN(CN)CC1. The van der Waals surface area contributed by atoms with E-state index in [1.54, 1.807) is 24.3 Å². The van der Waals surface area contributed by atoms with Gasteiger partial charge in [0, 0.05) is 49.0 Å². The van der Waals surface area contributed by atoms with Gasteiger partial charge in [-0.3, -0.25) is 14.8 Å². The summed E-state index contributed by atoms with van der Waals surface area (Å²) in [4.78, 5) is 31.6. The second kappa shape index (κ2) is 7.90. The number of hydrogen-bond donors (Lipinski definition) is 3. The molecule has 0 unspecified atom stereocenters. The Hall–Kier alpha value is -2.62. The number of benzene rings is 1. The first-order valence-electron chi connectivity index (χ1n) is 9.95. The van der Waals surface area contributed by atoms with Crippen LogP contribution in [0.4, 0.5) is 10.6 Å². The number of H-pyrrole nitrogens is 1. The van der Waals surface area contributed by atoms with Crippen molar-refractivity contribution < 1.29 is 9.59 Å². The second-order valence-electron chi connectivity index (χ2n) is 8.10. The highest BCUT2D eigenvalue weighted by atomic mass is 35.5. The highest BCUT2D eigenvalue weighted by Crippen LogP contribution is 2.41. The van der Waals surface area contributed by atoms with E-state index in [0.717, 1.165) is 24.3 Å². The maximum Gasteiger partial charge on any atom is 0.321 e. The molecule has 0 saturated carbocycles. The van der Waals surface area contributed by atoms with Gasteiger partial charge in [0.2, 0.25) is 0 Å². The normalized spacial score (nSPS) is 18.4. The molecule has 4 N–H and O–H groups in total. The van der Waals surface area contributed by atoms with Crippen LogP contribution in [0.15, 0.2) is 24.3 Å². The highest BCUT2D eigenvalue weighted by molar-refractivity contribution is 6.30. The molecule has 30 heavy (non-hydrogen) atoms. The zero-order valence-corrected chi connectivity index (χ0v) is 17.9. The minimum Gasteiger partial charge on any atom is -0.322 e. The van der Waals surface area contributed by atoms with Gasteiger partial charge in [0.05, 0.1) is 17.8 Å². The van der Waals surface area contributed by atoms with Gasteiger partial charge < -0.3 is 20.9 Å². The van der Waals surface area contributed by atoms with Crippen LogP contribution in [-0.2, 0) is 12.1 Å². The highest BCUT2D eigenvalue weighted by Gasteiger charge is 2.45. The topological polar surface area (TPSA) is 111 Å². The fraction of sp³-hybridized carbons (Fsp3) is 0.450. The molecule has 0 atom stereocenters. The summed E-state index contributed by atoms with van der Waals surface area (Å²) in [5.41, 5.74) is 7.29. The average molecular weight is 432 g/mol. The first kappa shape index (κ1) is 20.6. The van der Waals surface area contributed by atoms with Gasteiger partial charge in [-0.05, 0) is 38.1 Å². The molecule has 2 aliphatic heterocycles.